The lowest BCUT2D eigenvalue weighted by Gasteiger charge is -2.14. The number of hydrogen-bond donors (Lipinski definition) is 1. The number of aliphatic carboxylic acids is 1. The van der Waals surface area contributed by atoms with Gasteiger partial charge in [-0.3, -0.25) is 4.79 Å². The second-order valence-electron chi connectivity index (χ2n) is 3.51. The smallest absolute Gasteiger partial charge is 0.303 e. The van der Waals surface area contributed by atoms with E-state index in [-0.39, 0.29) is 6.42 Å². The number of carbonyl (C=O) groups is 1. The van der Waals surface area contributed by atoms with Crippen LogP contribution in [0, 0.1) is 0 Å². The Bertz CT molecular complexity index is 404. The summed E-state index contributed by atoms with van der Waals surface area (Å²) in [5, 5.41) is 8.62. The maximum atomic E-state index is 10.5. The molecule has 5 heteroatoms. The number of carboxylic acid groups (broad SMARTS) is 1. The molecule has 94 valence electrons. The Morgan fingerprint density at radius 1 is 1.35 bits per heavy atom. The highest BCUT2D eigenvalue weighted by Crippen LogP contribution is 2.36. The summed E-state index contributed by atoms with van der Waals surface area (Å²) >= 11 is 3.44. The van der Waals surface area contributed by atoms with Gasteiger partial charge in [0.05, 0.1) is 14.2 Å². The van der Waals surface area contributed by atoms with E-state index in [9.17, 15) is 4.79 Å². The molecule has 0 aliphatic heterocycles. The second-order valence-corrected chi connectivity index (χ2v) is 4.36. The van der Waals surface area contributed by atoms with Crippen molar-refractivity contribution in [2.45, 2.75) is 19.3 Å². The standard InChI is InChI=1S/C12H15BrO4/c1-16-10-7-6-9(13)8(12(10)17-2)4-3-5-11(14)15/h6-7H,3-5H2,1-2H3,(H,14,15). The lowest BCUT2D eigenvalue weighted by Crippen LogP contribution is -2.00. The maximum Gasteiger partial charge on any atom is 0.303 e. The molecule has 0 saturated heterocycles. The maximum absolute atomic E-state index is 10.5. The van der Waals surface area contributed by atoms with Crippen LogP contribution in [-0.2, 0) is 11.2 Å². The Labute approximate surface area is 109 Å². The van der Waals surface area contributed by atoms with Gasteiger partial charge >= 0.3 is 5.97 Å². The molecule has 1 rings (SSSR count). The van der Waals surface area contributed by atoms with Crippen molar-refractivity contribution >= 4 is 21.9 Å². The first-order valence-corrected chi connectivity index (χ1v) is 6.00. The number of methoxy groups -OCH3 is 2. The van der Waals surface area contributed by atoms with E-state index in [1.54, 1.807) is 14.2 Å². The second kappa shape index (κ2) is 6.49. The molecule has 17 heavy (non-hydrogen) atoms. The highest BCUT2D eigenvalue weighted by Gasteiger charge is 2.13. The van der Waals surface area contributed by atoms with Crippen LogP contribution in [0.1, 0.15) is 18.4 Å². The molecule has 4 nitrogen and oxygen atoms in total. The molecule has 0 aliphatic carbocycles. The molecule has 0 amide bonds. The number of ether oxygens (including phenoxy) is 2. The molecule has 0 fully saturated rings. The van der Waals surface area contributed by atoms with E-state index < -0.39 is 5.97 Å². The lowest BCUT2D eigenvalue weighted by atomic mass is 10.1. The van der Waals surface area contributed by atoms with E-state index in [0.717, 1.165) is 10.0 Å². The Hall–Kier alpha value is -1.23. The molecule has 0 atom stereocenters. The first-order valence-electron chi connectivity index (χ1n) is 5.21. The zero-order valence-electron chi connectivity index (χ0n) is 9.83. The van der Waals surface area contributed by atoms with Gasteiger partial charge in [0.25, 0.3) is 0 Å². The van der Waals surface area contributed by atoms with Crippen LogP contribution in [0.4, 0.5) is 0 Å². The molecule has 0 aromatic heterocycles. The van der Waals surface area contributed by atoms with Crippen molar-refractivity contribution in [3.63, 3.8) is 0 Å². The average Bonchev–Trinajstić information content (AvgIpc) is 2.30. The highest BCUT2D eigenvalue weighted by atomic mass is 79.9. The van der Waals surface area contributed by atoms with E-state index in [1.807, 2.05) is 12.1 Å². The van der Waals surface area contributed by atoms with Gasteiger partial charge in [0.1, 0.15) is 0 Å². The SMILES string of the molecule is COc1ccc(Br)c(CCCC(=O)O)c1OC. The molecular formula is C12H15BrO4. The van der Waals surface area contributed by atoms with Gasteiger partial charge in [-0.05, 0) is 25.0 Å². The van der Waals surface area contributed by atoms with Gasteiger partial charge in [-0.2, -0.15) is 0 Å². The van der Waals surface area contributed by atoms with Crippen LogP contribution in [0.5, 0.6) is 11.5 Å². The Morgan fingerprint density at radius 2 is 2.06 bits per heavy atom. The third-order valence-corrected chi connectivity index (χ3v) is 3.15. The molecule has 1 aromatic carbocycles. The number of hydrogen-bond acceptors (Lipinski definition) is 3. The fourth-order valence-electron chi connectivity index (χ4n) is 1.62. The highest BCUT2D eigenvalue weighted by molar-refractivity contribution is 9.10. The molecule has 1 aromatic rings. The quantitative estimate of drug-likeness (QED) is 0.878. The molecule has 0 aliphatic rings. The van der Waals surface area contributed by atoms with Gasteiger partial charge in [-0.15, -0.1) is 0 Å². The molecule has 0 unspecified atom stereocenters. The molecular weight excluding hydrogens is 288 g/mol. The van der Waals surface area contributed by atoms with Gasteiger partial charge in [-0.1, -0.05) is 15.9 Å². The van der Waals surface area contributed by atoms with Crippen molar-refractivity contribution in [3.8, 4) is 11.5 Å². The van der Waals surface area contributed by atoms with Crippen LogP contribution in [0.2, 0.25) is 0 Å². The van der Waals surface area contributed by atoms with E-state index in [1.165, 1.54) is 0 Å². The summed E-state index contributed by atoms with van der Waals surface area (Å²) < 4.78 is 11.4. The van der Waals surface area contributed by atoms with Crippen LogP contribution in [0.25, 0.3) is 0 Å². The van der Waals surface area contributed by atoms with Gasteiger partial charge in [0.2, 0.25) is 0 Å². The zero-order valence-corrected chi connectivity index (χ0v) is 11.4. The molecule has 0 spiro atoms. The first kappa shape index (κ1) is 13.8. The summed E-state index contributed by atoms with van der Waals surface area (Å²) in [4.78, 5) is 10.5. The van der Waals surface area contributed by atoms with E-state index in [4.69, 9.17) is 14.6 Å². The molecule has 1 N–H and O–H groups in total. The molecule has 0 bridgehead atoms. The van der Waals surface area contributed by atoms with Crippen molar-refractivity contribution in [3.05, 3.63) is 22.2 Å². The molecule has 0 radical (unpaired) electrons. The van der Waals surface area contributed by atoms with Crippen LogP contribution in [-0.4, -0.2) is 25.3 Å². The van der Waals surface area contributed by atoms with Crippen molar-refractivity contribution < 1.29 is 19.4 Å². The van der Waals surface area contributed by atoms with Gasteiger partial charge in [0.15, 0.2) is 11.5 Å². The summed E-state index contributed by atoms with van der Waals surface area (Å²) in [5.41, 5.74) is 0.938. The normalized spacial score (nSPS) is 10.1. The summed E-state index contributed by atoms with van der Waals surface area (Å²) in [6.45, 7) is 0. The fraction of sp³-hybridized carbons (Fsp3) is 0.417. The average molecular weight is 303 g/mol. The number of halogens is 1. The predicted molar refractivity (Wildman–Crippen MR) is 67.8 cm³/mol. The topological polar surface area (TPSA) is 55.8 Å². The Morgan fingerprint density at radius 3 is 2.59 bits per heavy atom. The summed E-state index contributed by atoms with van der Waals surface area (Å²) in [6, 6.07) is 3.68. The first-order chi connectivity index (χ1) is 8.10. The predicted octanol–water partition coefficient (Wildman–Crippen LogP) is 2.87. The Balaban J connectivity index is 2.91. The minimum Gasteiger partial charge on any atom is -0.493 e. The van der Waals surface area contributed by atoms with Crippen molar-refractivity contribution in [2.75, 3.05) is 14.2 Å². The van der Waals surface area contributed by atoms with E-state index in [2.05, 4.69) is 15.9 Å². The number of carboxylic acids is 1. The van der Waals surface area contributed by atoms with Crippen molar-refractivity contribution in [1.82, 2.24) is 0 Å². The monoisotopic (exact) mass is 302 g/mol. The summed E-state index contributed by atoms with van der Waals surface area (Å²) in [7, 11) is 3.15. The third kappa shape index (κ3) is 3.63. The van der Waals surface area contributed by atoms with Gasteiger partial charge < -0.3 is 14.6 Å². The van der Waals surface area contributed by atoms with Crippen molar-refractivity contribution in [2.24, 2.45) is 0 Å². The summed E-state index contributed by atoms with van der Waals surface area (Å²) in [5.74, 6) is 0.524. The largest absolute Gasteiger partial charge is 0.493 e. The van der Waals surface area contributed by atoms with Gasteiger partial charge in [-0.25, -0.2) is 0 Å². The zero-order chi connectivity index (χ0) is 12.8. The van der Waals surface area contributed by atoms with Crippen LogP contribution >= 0.6 is 15.9 Å². The number of benzene rings is 1. The van der Waals surface area contributed by atoms with Crippen LogP contribution < -0.4 is 9.47 Å². The van der Waals surface area contributed by atoms with Gasteiger partial charge in [0, 0.05) is 16.5 Å². The Kier molecular flexibility index (Phi) is 5.28. The minimum absolute atomic E-state index is 0.146. The van der Waals surface area contributed by atoms with E-state index in [0.29, 0.717) is 24.3 Å². The van der Waals surface area contributed by atoms with Crippen LogP contribution in [0.3, 0.4) is 0 Å². The fourth-order valence-corrected chi connectivity index (χ4v) is 2.13. The van der Waals surface area contributed by atoms with Crippen molar-refractivity contribution in [1.29, 1.82) is 0 Å². The third-order valence-electron chi connectivity index (χ3n) is 2.41. The minimum atomic E-state index is -0.789. The number of rotatable bonds is 6. The molecule has 0 heterocycles. The van der Waals surface area contributed by atoms with E-state index >= 15 is 0 Å². The lowest BCUT2D eigenvalue weighted by molar-refractivity contribution is -0.137. The molecule has 0 saturated carbocycles. The van der Waals surface area contributed by atoms with Crippen LogP contribution in [0.15, 0.2) is 16.6 Å². The summed E-state index contributed by atoms with van der Waals surface area (Å²) in [6.07, 6.45) is 1.34.